The van der Waals surface area contributed by atoms with Crippen molar-refractivity contribution in [3.63, 3.8) is 0 Å². The van der Waals surface area contributed by atoms with Crippen LogP contribution in [0.15, 0.2) is 52.4 Å². The molecule has 0 aliphatic carbocycles. The summed E-state index contributed by atoms with van der Waals surface area (Å²) in [6, 6.07) is 10.8. The van der Waals surface area contributed by atoms with Gasteiger partial charge in [0.05, 0.1) is 27.4 Å². The fourth-order valence-corrected chi connectivity index (χ4v) is 3.22. The van der Waals surface area contributed by atoms with Crippen LogP contribution in [0.5, 0.6) is 0 Å². The van der Waals surface area contributed by atoms with Gasteiger partial charge in [0.25, 0.3) is 5.56 Å². The molecule has 0 spiro atoms. The van der Waals surface area contributed by atoms with Gasteiger partial charge in [0.15, 0.2) is 5.16 Å². The summed E-state index contributed by atoms with van der Waals surface area (Å²) >= 11 is 7.02. The molecule has 1 aromatic heterocycles. The maximum atomic E-state index is 13.0. The molecule has 0 saturated carbocycles. The van der Waals surface area contributed by atoms with Crippen LogP contribution in [0.4, 0.5) is 10.1 Å². The lowest BCUT2D eigenvalue weighted by atomic mass is 10.2. The van der Waals surface area contributed by atoms with Crippen LogP contribution in [0.2, 0.25) is 5.02 Å². The van der Waals surface area contributed by atoms with E-state index in [4.69, 9.17) is 11.6 Å². The smallest absolute Gasteiger partial charge is 0.261 e. The number of aromatic nitrogens is 2. The molecule has 1 N–H and O–H groups in total. The molecule has 1 amide bonds. The van der Waals surface area contributed by atoms with Gasteiger partial charge >= 0.3 is 0 Å². The fourth-order valence-electron chi connectivity index (χ4n) is 2.23. The van der Waals surface area contributed by atoms with Gasteiger partial charge in [0.2, 0.25) is 5.91 Å². The van der Waals surface area contributed by atoms with Crippen molar-refractivity contribution in [3.8, 4) is 0 Å². The number of anilines is 1. The Morgan fingerprint density at radius 1 is 1.32 bits per heavy atom. The van der Waals surface area contributed by atoms with Crippen LogP contribution in [0.1, 0.15) is 0 Å². The molecule has 128 valence electrons. The van der Waals surface area contributed by atoms with E-state index in [2.05, 4.69) is 10.3 Å². The minimum Gasteiger partial charge on any atom is -0.324 e. The molecule has 5 nitrogen and oxygen atoms in total. The van der Waals surface area contributed by atoms with Crippen molar-refractivity contribution in [1.29, 1.82) is 0 Å². The normalized spacial score (nSPS) is 10.8. The molecule has 0 aliphatic rings. The summed E-state index contributed by atoms with van der Waals surface area (Å²) in [4.78, 5) is 28.8. The Morgan fingerprint density at radius 3 is 2.84 bits per heavy atom. The lowest BCUT2D eigenvalue weighted by molar-refractivity contribution is -0.113. The lowest BCUT2D eigenvalue weighted by Gasteiger charge is -2.09. The molecular formula is C17H13ClFN3O2S. The van der Waals surface area contributed by atoms with E-state index in [0.717, 1.165) is 17.8 Å². The number of nitrogens with zero attached hydrogens (tertiary/aromatic N) is 2. The lowest BCUT2D eigenvalue weighted by Crippen LogP contribution is -2.21. The Balaban J connectivity index is 1.75. The Labute approximate surface area is 151 Å². The first-order valence-electron chi connectivity index (χ1n) is 7.29. The number of halogens is 2. The zero-order valence-electron chi connectivity index (χ0n) is 13.1. The van der Waals surface area contributed by atoms with E-state index in [1.165, 1.54) is 16.7 Å². The van der Waals surface area contributed by atoms with Crippen LogP contribution in [-0.4, -0.2) is 21.2 Å². The van der Waals surface area contributed by atoms with Crippen molar-refractivity contribution >= 4 is 45.9 Å². The molecule has 25 heavy (non-hydrogen) atoms. The van der Waals surface area contributed by atoms with Crippen molar-refractivity contribution in [3.05, 3.63) is 63.7 Å². The SMILES string of the molecule is Cn1c(SCC(=O)Nc2ccc(F)cc2Cl)nc2ccccc2c1=O. The molecule has 0 unspecified atom stereocenters. The fraction of sp³-hybridized carbons (Fsp3) is 0.118. The zero-order valence-corrected chi connectivity index (χ0v) is 14.7. The number of carbonyl (C=O) groups is 1. The number of nitrogens with one attached hydrogen (secondary N) is 1. The van der Waals surface area contributed by atoms with Gasteiger partial charge < -0.3 is 5.32 Å². The highest BCUT2D eigenvalue weighted by Crippen LogP contribution is 2.23. The molecule has 0 saturated heterocycles. The molecule has 2 aromatic carbocycles. The second-order valence-corrected chi connectivity index (χ2v) is 6.59. The quantitative estimate of drug-likeness (QED) is 0.558. The highest BCUT2D eigenvalue weighted by Gasteiger charge is 2.12. The molecule has 1 heterocycles. The minimum atomic E-state index is -0.479. The van der Waals surface area contributed by atoms with Crippen LogP contribution >= 0.6 is 23.4 Å². The third kappa shape index (κ3) is 3.83. The Hall–Kier alpha value is -2.38. The topological polar surface area (TPSA) is 64.0 Å². The number of amides is 1. The number of hydrogen-bond donors (Lipinski definition) is 1. The van der Waals surface area contributed by atoms with Crippen LogP contribution in [0, 0.1) is 5.82 Å². The predicted octanol–water partition coefficient (Wildman–Crippen LogP) is 3.46. The molecule has 0 bridgehead atoms. The number of thioether (sulfide) groups is 1. The third-order valence-corrected chi connectivity index (χ3v) is 4.82. The second-order valence-electron chi connectivity index (χ2n) is 5.24. The van der Waals surface area contributed by atoms with Crippen LogP contribution < -0.4 is 10.9 Å². The Bertz CT molecular complexity index is 1020. The van der Waals surface area contributed by atoms with E-state index in [-0.39, 0.29) is 22.2 Å². The van der Waals surface area contributed by atoms with Crippen LogP contribution in [-0.2, 0) is 11.8 Å². The Kier molecular flexibility index (Phi) is 5.06. The number of rotatable bonds is 4. The van der Waals surface area contributed by atoms with Crippen molar-refractivity contribution < 1.29 is 9.18 Å². The maximum Gasteiger partial charge on any atom is 0.261 e. The highest BCUT2D eigenvalue weighted by molar-refractivity contribution is 7.99. The monoisotopic (exact) mass is 377 g/mol. The molecule has 3 aromatic rings. The second kappa shape index (κ2) is 7.25. The van der Waals surface area contributed by atoms with Gasteiger partial charge in [0, 0.05) is 7.05 Å². The first-order chi connectivity index (χ1) is 12.0. The first kappa shape index (κ1) is 17.4. The van der Waals surface area contributed by atoms with Crippen molar-refractivity contribution in [1.82, 2.24) is 9.55 Å². The first-order valence-corrected chi connectivity index (χ1v) is 8.65. The van der Waals surface area contributed by atoms with Crippen LogP contribution in [0.3, 0.4) is 0 Å². The summed E-state index contributed by atoms with van der Waals surface area (Å²) in [5.41, 5.74) is 0.735. The Morgan fingerprint density at radius 2 is 2.08 bits per heavy atom. The third-order valence-electron chi connectivity index (χ3n) is 3.48. The molecule has 0 atom stereocenters. The minimum absolute atomic E-state index is 0.0341. The molecular weight excluding hydrogens is 365 g/mol. The van der Waals surface area contributed by atoms with Gasteiger partial charge in [-0.15, -0.1) is 0 Å². The molecule has 3 rings (SSSR count). The number of carbonyl (C=O) groups excluding carboxylic acids is 1. The van der Waals surface area contributed by atoms with Gasteiger partial charge in [-0.25, -0.2) is 9.37 Å². The summed E-state index contributed by atoms with van der Waals surface area (Å²) in [6.07, 6.45) is 0. The van der Waals surface area contributed by atoms with Crippen LogP contribution in [0.25, 0.3) is 10.9 Å². The van der Waals surface area contributed by atoms with E-state index >= 15 is 0 Å². The predicted molar refractivity (Wildman–Crippen MR) is 97.7 cm³/mol. The van der Waals surface area contributed by atoms with E-state index in [9.17, 15) is 14.0 Å². The van der Waals surface area contributed by atoms with E-state index < -0.39 is 5.82 Å². The zero-order chi connectivity index (χ0) is 18.0. The largest absolute Gasteiger partial charge is 0.324 e. The van der Waals surface area contributed by atoms with E-state index in [0.29, 0.717) is 21.7 Å². The molecule has 0 fully saturated rings. The summed E-state index contributed by atoms with van der Waals surface area (Å²) in [5.74, 6) is -0.777. The summed E-state index contributed by atoms with van der Waals surface area (Å²) in [6.45, 7) is 0. The van der Waals surface area contributed by atoms with Crippen molar-refractivity contribution in [2.75, 3.05) is 11.1 Å². The van der Waals surface area contributed by atoms with Crippen molar-refractivity contribution in [2.45, 2.75) is 5.16 Å². The number of benzene rings is 2. The molecule has 0 aliphatic heterocycles. The average Bonchev–Trinajstić information content (AvgIpc) is 2.59. The van der Waals surface area contributed by atoms with Gasteiger partial charge in [-0.2, -0.15) is 0 Å². The highest BCUT2D eigenvalue weighted by atomic mass is 35.5. The summed E-state index contributed by atoms with van der Waals surface area (Å²) in [7, 11) is 1.61. The van der Waals surface area contributed by atoms with Gasteiger partial charge in [0.1, 0.15) is 5.82 Å². The molecule has 0 radical (unpaired) electrons. The van der Waals surface area contributed by atoms with Gasteiger partial charge in [-0.1, -0.05) is 35.5 Å². The standard InChI is InChI=1S/C17H13ClFN3O2S/c1-22-16(24)11-4-2-3-5-13(11)21-17(22)25-9-15(23)20-14-7-6-10(19)8-12(14)18/h2-8H,9H2,1H3,(H,20,23). The van der Waals surface area contributed by atoms with Gasteiger partial charge in [-0.05, 0) is 30.3 Å². The average molecular weight is 378 g/mol. The van der Waals surface area contributed by atoms with E-state index in [1.54, 1.807) is 31.3 Å². The van der Waals surface area contributed by atoms with Gasteiger partial charge in [-0.3, -0.25) is 14.2 Å². The van der Waals surface area contributed by atoms with E-state index in [1.807, 2.05) is 0 Å². The maximum absolute atomic E-state index is 13.0. The number of para-hydroxylation sites is 1. The summed E-state index contributed by atoms with van der Waals surface area (Å²) in [5, 5.41) is 3.68. The number of fused-ring (bicyclic) bond motifs is 1. The molecule has 8 heteroatoms. The number of hydrogen-bond acceptors (Lipinski definition) is 4. The van der Waals surface area contributed by atoms with Crippen molar-refractivity contribution in [2.24, 2.45) is 7.05 Å². The summed E-state index contributed by atoms with van der Waals surface area (Å²) < 4.78 is 14.4.